The molecule has 0 aliphatic heterocycles. The van der Waals surface area contributed by atoms with E-state index < -0.39 is 5.97 Å². The minimum absolute atomic E-state index is 0.0567. The first kappa shape index (κ1) is 13.4. The average molecular weight is 260 g/mol. The molecule has 2 aromatic rings. The number of rotatable bonds is 5. The van der Waals surface area contributed by atoms with Crippen LogP contribution in [0.3, 0.4) is 0 Å². The van der Waals surface area contributed by atoms with Gasteiger partial charge in [0.05, 0.1) is 13.7 Å². The van der Waals surface area contributed by atoms with Gasteiger partial charge < -0.3 is 14.6 Å². The van der Waals surface area contributed by atoms with Gasteiger partial charge in [-0.1, -0.05) is 24.3 Å². The third-order valence-electron chi connectivity index (χ3n) is 2.81. The topological polar surface area (TPSA) is 55.8 Å². The highest BCUT2D eigenvalue weighted by atomic mass is 16.5. The third-order valence-corrected chi connectivity index (χ3v) is 2.81. The quantitative estimate of drug-likeness (QED) is 0.662. The SMILES string of the molecule is COC(=O)c1cc2ccccc2cc1OCCCO. The van der Waals surface area contributed by atoms with Crippen LogP contribution in [0.1, 0.15) is 16.8 Å². The van der Waals surface area contributed by atoms with E-state index in [1.54, 1.807) is 6.07 Å². The van der Waals surface area contributed by atoms with Crippen LogP contribution in [0.5, 0.6) is 5.75 Å². The number of carbonyl (C=O) groups is 1. The normalized spacial score (nSPS) is 10.4. The molecule has 0 aromatic heterocycles. The fourth-order valence-corrected chi connectivity index (χ4v) is 1.85. The molecule has 0 aliphatic carbocycles. The van der Waals surface area contributed by atoms with Crippen LogP contribution in [0.2, 0.25) is 0 Å². The van der Waals surface area contributed by atoms with Crippen LogP contribution < -0.4 is 4.74 Å². The molecule has 100 valence electrons. The number of fused-ring (bicyclic) bond motifs is 1. The summed E-state index contributed by atoms with van der Waals surface area (Å²) in [4.78, 5) is 11.8. The Morgan fingerprint density at radius 3 is 2.53 bits per heavy atom. The van der Waals surface area contributed by atoms with Gasteiger partial charge in [0.1, 0.15) is 11.3 Å². The molecule has 0 atom stereocenters. The van der Waals surface area contributed by atoms with Crippen LogP contribution in [-0.4, -0.2) is 31.4 Å². The van der Waals surface area contributed by atoms with Gasteiger partial charge in [0.15, 0.2) is 0 Å². The van der Waals surface area contributed by atoms with Gasteiger partial charge in [-0.05, 0) is 22.9 Å². The second-order valence-corrected chi connectivity index (χ2v) is 4.11. The van der Waals surface area contributed by atoms with Crippen molar-refractivity contribution in [1.82, 2.24) is 0 Å². The summed E-state index contributed by atoms with van der Waals surface area (Å²) in [5, 5.41) is 10.7. The van der Waals surface area contributed by atoms with Gasteiger partial charge in [0.25, 0.3) is 0 Å². The van der Waals surface area contributed by atoms with E-state index in [1.807, 2.05) is 30.3 Å². The maximum atomic E-state index is 11.8. The number of ether oxygens (including phenoxy) is 2. The van der Waals surface area contributed by atoms with Crippen LogP contribution in [0, 0.1) is 0 Å². The molecule has 2 rings (SSSR count). The molecule has 0 fully saturated rings. The van der Waals surface area contributed by atoms with E-state index in [4.69, 9.17) is 14.6 Å². The van der Waals surface area contributed by atoms with Crippen molar-refractivity contribution in [1.29, 1.82) is 0 Å². The number of benzene rings is 2. The summed E-state index contributed by atoms with van der Waals surface area (Å²) in [6, 6.07) is 11.3. The smallest absolute Gasteiger partial charge is 0.341 e. The van der Waals surface area contributed by atoms with E-state index >= 15 is 0 Å². The Labute approximate surface area is 111 Å². The van der Waals surface area contributed by atoms with E-state index in [-0.39, 0.29) is 6.61 Å². The summed E-state index contributed by atoms with van der Waals surface area (Å²) < 4.78 is 10.3. The lowest BCUT2D eigenvalue weighted by atomic mass is 10.1. The molecule has 1 N–H and O–H groups in total. The maximum Gasteiger partial charge on any atom is 0.341 e. The summed E-state index contributed by atoms with van der Waals surface area (Å²) >= 11 is 0. The van der Waals surface area contributed by atoms with Crippen molar-refractivity contribution in [3.05, 3.63) is 42.0 Å². The Bertz CT molecular complexity index is 577. The average Bonchev–Trinajstić information content (AvgIpc) is 2.46. The molecule has 0 bridgehead atoms. The Morgan fingerprint density at radius 2 is 1.89 bits per heavy atom. The lowest BCUT2D eigenvalue weighted by molar-refractivity contribution is 0.0596. The van der Waals surface area contributed by atoms with Crippen molar-refractivity contribution >= 4 is 16.7 Å². The predicted molar refractivity (Wildman–Crippen MR) is 72.5 cm³/mol. The Balaban J connectivity index is 2.41. The zero-order valence-electron chi connectivity index (χ0n) is 10.8. The number of aliphatic hydroxyl groups is 1. The number of esters is 1. The van der Waals surface area contributed by atoms with Crippen molar-refractivity contribution in [2.75, 3.05) is 20.3 Å². The molecule has 0 saturated carbocycles. The van der Waals surface area contributed by atoms with E-state index in [9.17, 15) is 4.79 Å². The first-order valence-corrected chi connectivity index (χ1v) is 6.11. The largest absolute Gasteiger partial charge is 0.493 e. The number of hydrogen-bond acceptors (Lipinski definition) is 4. The minimum Gasteiger partial charge on any atom is -0.493 e. The van der Waals surface area contributed by atoms with Crippen molar-refractivity contribution in [2.24, 2.45) is 0 Å². The second kappa shape index (κ2) is 6.20. The lowest BCUT2D eigenvalue weighted by Gasteiger charge is -2.11. The summed E-state index contributed by atoms with van der Waals surface area (Å²) in [6.45, 7) is 0.417. The Hall–Kier alpha value is -2.07. The number of carbonyl (C=O) groups excluding carboxylic acids is 1. The van der Waals surface area contributed by atoms with Gasteiger partial charge in [-0.2, -0.15) is 0 Å². The van der Waals surface area contributed by atoms with E-state index in [2.05, 4.69) is 0 Å². The van der Waals surface area contributed by atoms with Crippen LogP contribution in [0.15, 0.2) is 36.4 Å². The van der Waals surface area contributed by atoms with Crippen LogP contribution >= 0.6 is 0 Å². The number of methoxy groups -OCH3 is 1. The van der Waals surface area contributed by atoms with Crippen molar-refractivity contribution in [2.45, 2.75) is 6.42 Å². The van der Waals surface area contributed by atoms with Crippen molar-refractivity contribution in [3.8, 4) is 5.75 Å². The molecular formula is C15H16O4. The molecule has 4 nitrogen and oxygen atoms in total. The van der Waals surface area contributed by atoms with Gasteiger partial charge in [-0.15, -0.1) is 0 Å². The lowest BCUT2D eigenvalue weighted by Crippen LogP contribution is -2.07. The van der Waals surface area contributed by atoms with E-state index in [1.165, 1.54) is 7.11 Å². The standard InChI is InChI=1S/C15H16O4/c1-18-15(17)13-9-11-5-2-3-6-12(11)10-14(13)19-8-4-7-16/h2-3,5-6,9-10,16H,4,7-8H2,1H3. The third kappa shape index (κ3) is 3.03. The summed E-state index contributed by atoms with van der Waals surface area (Å²) in [7, 11) is 1.34. The molecule has 0 unspecified atom stereocenters. The molecule has 19 heavy (non-hydrogen) atoms. The summed E-state index contributed by atoms with van der Waals surface area (Å²) in [6.07, 6.45) is 0.521. The number of hydrogen-bond donors (Lipinski definition) is 1. The fourth-order valence-electron chi connectivity index (χ4n) is 1.85. The maximum absolute atomic E-state index is 11.8. The summed E-state index contributed by atoms with van der Waals surface area (Å²) in [5.74, 6) is 0.0590. The predicted octanol–water partition coefficient (Wildman–Crippen LogP) is 2.39. The minimum atomic E-state index is -0.426. The van der Waals surface area contributed by atoms with Crippen LogP contribution in [-0.2, 0) is 4.74 Å². The first-order chi connectivity index (χ1) is 9.26. The molecule has 0 spiro atoms. The molecular weight excluding hydrogens is 244 g/mol. The van der Waals surface area contributed by atoms with E-state index in [0.717, 1.165) is 10.8 Å². The molecule has 0 heterocycles. The molecule has 0 radical (unpaired) electrons. The fraction of sp³-hybridized carbons (Fsp3) is 0.267. The van der Waals surface area contributed by atoms with Crippen LogP contribution in [0.25, 0.3) is 10.8 Å². The summed E-state index contributed by atoms with van der Waals surface area (Å²) in [5.41, 5.74) is 0.402. The highest BCUT2D eigenvalue weighted by molar-refractivity contribution is 5.98. The molecule has 4 heteroatoms. The monoisotopic (exact) mass is 260 g/mol. The zero-order chi connectivity index (χ0) is 13.7. The molecule has 2 aromatic carbocycles. The number of aliphatic hydroxyl groups excluding tert-OH is 1. The Morgan fingerprint density at radius 1 is 1.21 bits per heavy atom. The van der Waals surface area contributed by atoms with Crippen molar-refractivity contribution < 1.29 is 19.4 Å². The van der Waals surface area contributed by atoms with Gasteiger partial charge in [-0.3, -0.25) is 0 Å². The molecule has 0 aliphatic rings. The molecule has 0 saturated heterocycles. The zero-order valence-corrected chi connectivity index (χ0v) is 10.8. The van der Waals surface area contributed by atoms with Gasteiger partial charge in [0.2, 0.25) is 0 Å². The van der Waals surface area contributed by atoms with E-state index in [0.29, 0.717) is 24.3 Å². The highest BCUT2D eigenvalue weighted by Crippen LogP contribution is 2.26. The van der Waals surface area contributed by atoms with Gasteiger partial charge >= 0.3 is 5.97 Å². The van der Waals surface area contributed by atoms with Crippen LogP contribution in [0.4, 0.5) is 0 Å². The highest BCUT2D eigenvalue weighted by Gasteiger charge is 2.14. The van der Waals surface area contributed by atoms with Gasteiger partial charge in [-0.25, -0.2) is 4.79 Å². The second-order valence-electron chi connectivity index (χ2n) is 4.11. The molecule has 0 amide bonds. The van der Waals surface area contributed by atoms with Gasteiger partial charge in [0, 0.05) is 13.0 Å². The van der Waals surface area contributed by atoms with Crippen molar-refractivity contribution in [3.63, 3.8) is 0 Å². The first-order valence-electron chi connectivity index (χ1n) is 6.11. The Kier molecular flexibility index (Phi) is 4.36.